The molecule has 56 heavy (non-hydrogen) atoms. The first-order chi connectivity index (χ1) is 27.8. The first-order valence-electron chi connectivity index (χ1n) is 19.0. The number of nitrogens with zero attached hydrogens (tertiary/aromatic N) is 5. The van der Waals surface area contributed by atoms with E-state index in [0.29, 0.717) is 17.7 Å². The van der Waals surface area contributed by atoms with Crippen LogP contribution in [0.25, 0.3) is 110 Å². The molecule has 0 spiro atoms. The van der Waals surface area contributed by atoms with Gasteiger partial charge in [0.15, 0.2) is 5.82 Å². The molecule has 12 rings (SSSR count). The number of para-hydroxylation sites is 3. The first-order valence-corrected chi connectivity index (χ1v) is 19.0. The largest absolute Gasteiger partial charge is 0.278 e. The van der Waals surface area contributed by atoms with E-state index in [1.807, 2.05) is 0 Å². The summed E-state index contributed by atoms with van der Waals surface area (Å²) in [6.07, 6.45) is 0. The lowest BCUT2D eigenvalue weighted by molar-refractivity contribution is 0.893. The SMILES string of the molecule is c1ccc(-c2ccc3c(c2)c2ccccc2n3-c2nc(-c3ccc4c5ccccc5c5ccccc5c4c3)nc(-n3c4ccccc4c4ccccc43)n2)cc1. The van der Waals surface area contributed by atoms with Gasteiger partial charge in [-0.05, 0) is 79.8 Å². The van der Waals surface area contributed by atoms with Crippen LogP contribution in [0.4, 0.5) is 0 Å². The van der Waals surface area contributed by atoms with Crippen LogP contribution >= 0.6 is 0 Å². The molecule has 260 valence electrons. The molecule has 0 fully saturated rings. The zero-order valence-corrected chi connectivity index (χ0v) is 30.1. The Labute approximate surface area is 321 Å². The summed E-state index contributed by atoms with van der Waals surface area (Å²) in [5.74, 6) is 1.74. The third-order valence-electron chi connectivity index (χ3n) is 11.4. The van der Waals surface area contributed by atoms with Crippen molar-refractivity contribution in [2.45, 2.75) is 0 Å². The van der Waals surface area contributed by atoms with Gasteiger partial charge in [-0.25, -0.2) is 0 Å². The lowest BCUT2D eigenvalue weighted by Gasteiger charge is -2.14. The molecule has 0 bridgehead atoms. The average Bonchev–Trinajstić information content (AvgIpc) is 3.79. The topological polar surface area (TPSA) is 48.5 Å². The Morgan fingerprint density at radius 1 is 0.250 bits per heavy atom. The van der Waals surface area contributed by atoms with Gasteiger partial charge in [-0.15, -0.1) is 0 Å². The molecule has 0 atom stereocenters. The number of hydrogen-bond donors (Lipinski definition) is 0. The standard InChI is InChI=1S/C51H31N5/c1-2-14-32(15-3-1)33-27-29-48-44(30-33)42-22-10-13-25-47(42)56(48)51-53-49(52-50(54-51)55-45-23-11-8-20-40(45)41-21-9-12-24-46(41)55)34-26-28-39-37-18-5-4-16-35(37)36-17-6-7-19-38(36)43(39)31-34/h1-31H. The summed E-state index contributed by atoms with van der Waals surface area (Å²) in [5, 5.41) is 11.9. The number of aromatic nitrogens is 5. The molecule has 0 radical (unpaired) electrons. The van der Waals surface area contributed by atoms with Gasteiger partial charge in [0.1, 0.15) is 0 Å². The van der Waals surface area contributed by atoms with E-state index in [2.05, 4.69) is 197 Å². The molecular weight excluding hydrogens is 683 g/mol. The molecule has 3 aromatic heterocycles. The number of benzene rings is 9. The molecule has 3 heterocycles. The van der Waals surface area contributed by atoms with Gasteiger partial charge in [0, 0.05) is 27.1 Å². The fourth-order valence-corrected chi connectivity index (χ4v) is 8.87. The molecular formula is C51H31N5. The van der Waals surface area contributed by atoms with Crippen LogP contribution in [0.3, 0.4) is 0 Å². The van der Waals surface area contributed by atoms with Gasteiger partial charge in [-0.1, -0.05) is 152 Å². The summed E-state index contributed by atoms with van der Waals surface area (Å²) >= 11 is 0. The van der Waals surface area contributed by atoms with Crippen molar-refractivity contribution < 1.29 is 0 Å². The Morgan fingerprint density at radius 2 is 0.643 bits per heavy atom. The zero-order chi connectivity index (χ0) is 36.7. The van der Waals surface area contributed by atoms with Crippen LogP contribution in [0.2, 0.25) is 0 Å². The Balaban J connectivity index is 1.17. The molecule has 0 saturated carbocycles. The van der Waals surface area contributed by atoms with Crippen molar-refractivity contribution in [2.24, 2.45) is 0 Å². The molecule has 0 unspecified atom stereocenters. The van der Waals surface area contributed by atoms with Crippen molar-refractivity contribution in [1.29, 1.82) is 0 Å². The number of hydrogen-bond acceptors (Lipinski definition) is 3. The smallest absolute Gasteiger partial charge is 0.240 e. The second-order valence-corrected chi connectivity index (χ2v) is 14.4. The predicted octanol–water partition coefficient (Wildman–Crippen LogP) is 12.9. The minimum Gasteiger partial charge on any atom is -0.278 e. The molecule has 9 aromatic carbocycles. The first kappa shape index (κ1) is 30.8. The van der Waals surface area contributed by atoms with E-state index < -0.39 is 0 Å². The van der Waals surface area contributed by atoms with Crippen LogP contribution in [0, 0.1) is 0 Å². The third kappa shape index (κ3) is 4.52. The van der Waals surface area contributed by atoms with Crippen molar-refractivity contribution in [1.82, 2.24) is 24.1 Å². The molecule has 0 saturated heterocycles. The summed E-state index contributed by atoms with van der Waals surface area (Å²) < 4.78 is 4.39. The van der Waals surface area contributed by atoms with Crippen LogP contribution in [0.15, 0.2) is 188 Å². The normalized spacial score (nSPS) is 11.9. The lowest BCUT2D eigenvalue weighted by Crippen LogP contribution is -2.10. The van der Waals surface area contributed by atoms with Crippen LogP contribution in [-0.4, -0.2) is 24.1 Å². The third-order valence-corrected chi connectivity index (χ3v) is 11.4. The van der Waals surface area contributed by atoms with E-state index in [0.717, 1.165) is 49.2 Å². The Hall–Kier alpha value is -7.63. The van der Waals surface area contributed by atoms with Gasteiger partial charge >= 0.3 is 0 Å². The maximum atomic E-state index is 5.38. The van der Waals surface area contributed by atoms with E-state index >= 15 is 0 Å². The summed E-state index contributed by atoms with van der Waals surface area (Å²) in [4.78, 5) is 16.1. The zero-order valence-electron chi connectivity index (χ0n) is 30.1. The fraction of sp³-hybridized carbons (Fsp3) is 0. The van der Waals surface area contributed by atoms with Gasteiger partial charge < -0.3 is 0 Å². The molecule has 0 aliphatic carbocycles. The van der Waals surface area contributed by atoms with Crippen LogP contribution < -0.4 is 0 Å². The maximum absolute atomic E-state index is 5.38. The van der Waals surface area contributed by atoms with Gasteiger partial charge in [0.05, 0.1) is 22.1 Å². The molecule has 0 aliphatic rings. The average molecular weight is 714 g/mol. The molecule has 0 amide bonds. The van der Waals surface area contributed by atoms with Crippen molar-refractivity contribution in [3.8, 4) is 34.4 Å². The van der Waals surface area contributed by atoms with E-state index in [-0.39, 0.29) is 0 Å². The monoisotopic (exact) mass is 713 g/mol. The van der Waals surface area contributed by atoms with E-state index in [9.17, 15) is 0 Å². The van der Waals surface area contributed by atoms with Crippen molar-refractivity contribution in [3.05, 3.63) is 188 Å². The molecule has 0 N–H and O–H groups in total. The highest BCUT2D eigenvalue weighted by molar-refractivity contribution is 6.25. The maximum Gasteiger partial charge on any atom is 0.240 e. The van der Waals surface area contributed by atoms with Gasteiger partial charge in [-0.3, -0.25) is 9.13 Å². The fourth-order valence-electron chi connectivity index (χ4n) is 8.87. The summed E-state index contributed by atoms with van der Waals surface area (Å²) in [5.41, 5.74) is 7.43. The Morgan fingerprint density at radius 3 is 1.20 bits per heavy atom. The van der Waals surface area contributed by atoms with Crippen LogP contribution in [0.1, 0.15) is 0 Å². The molecule has 5 heteroatoms. The van der Waals surface area contributed by atoms with Crippen molar-refractivity contribution >= 4 is 75.9 Å². The Bertz CT molecular complexity index is 3450. The van der Waals surface area contributed by atoms with E-state index in [1.54, 1.807) is 0 Å². The van der Waals surface area contributed by atoms with Crippen molar-refractivity contribution in [3.63, 3.8) is 0 Å². The second-order valence-electron chi connectivity index (χ2n) is 14.4. The van der Waals surface area contributed by atoms with Crippen molar-refractivity contribution in [2.75, 3.05) is 0 Å². The number of rotatable bonds is 4. The van der Waals surface area contributed by atoms with E-state index in [1.165, 1.54) is 43.4 Å². The summed E-state index contributed by atoms with van der Waals surface area (Å²) in [7, 11) is 0. The molecule has 0 aliphatic heterocycles. The molecule has 5 nitrogen and oxygen atoms in total. The highest BCUT2D eigenvalue weighted by Crippen LogP contribution is 2.39. The quantitative estimate of drug-likeness (QED) is 0.171. The van der Waals surface area contributed by atoms with Gasteiger partial charge in [0.2, 0.25) is 11.9 Å². The highest BCUT2D eigenvalue weighted by Gasteiger charge is 2.21. The van der Waals surface area contributed by atoms with Crippen LogP contribution in [0.5, 0.6) is 0 Å². The Kier molecular flexibility index (Phi) is 6.56. The van der Waals surface area contributed by atoms with Gasteiger partial charge in [0.25, 0.3) is 0 Å². The lowest BCUT2D eigenvalue weighted by atomic mass is 9.93. The second kappa shape index (κ2) is 11.9. The van der Waals surface area contributed by atoms with E-state index in [4.69, 9.17) is 15.0 Å². The summed E-state index contributed by atoms with van der Waals surface area (Å²) in [6, 6.07) is 66.8. The minimum absolute atomic E-state index is 0.564. The van der Waals surface area contributed by atoms with Gasteiger partial charge in [-0.2, -0.15) is 15.0 Å². The predicted molar refractivity (Wildman–Crippen MR) is 232 cm³/mol. The minimum atomic E-state index is 0.564. The van der Waals surface area contributed by atoms with Crippen LogP contribution in [-0.2, 0) is 0 Å². The molecule has 12 aromatic rings. The summed E-state index contributed by atoms with van der Waals surface area (Å²) in [6.45, 7) is 0. The highest BCUT2D eigenvalue weighted by atomic mass is 15.3. The number of fused-ring (bicyclic) bond motifs is 12.